The number of methoxy groups -OCH3 is 2. The van der Waals surface area contributed by atoms with Crippen molar-refractivity contribution in [2.75, 3.05) is 24.9 Å². The Labute approximate surface area is 168 Å². The molecule has 1 aromatic heterocycles. The van der Waals surface area contributed by atoms with Crippen LogP contribution in [0, 0.1) is 5.92 Å². The van der Waals surface area contributed by atoms with Gasteiger partial charge in [0.05, 0.1) is 31.9 Å². The van der Waals surface area contributed by atoms with Crippen LogP contribution in [0.25, 0.3) is 0 Å². The van der Waals surface area contributed by atoms with E-state index >= 15 is 0 Å². The topological polar surface area (TPSA) is 90.3 Å². The summed E-state index contributed by atoms with van der Waals surface area (Å²) in [6, 6.07) is 14.6. The first-order valence-corrected chi connectivity index (χ1v) is 9.36. The van der Waals surface area contributed by atoms with Crippen molar-refractivity contribution in [2.45, 2.75) is 19.0 Å². The molecule has 2 heterocycles. The molecule has 0 bridgehead atoms. The van der Waals surface area contributed by atoms with Gasteiger partial charge in [-0.2, -0.15) is 10.1 Å². The second-order valence-corrected chi connectivity index (χ2v) is 6.89. The number of nitrogens with zero attached hydrogens (tertiary/aromatic N) is 3. The van der Waals surface area contributed by atoms with Crippen molar-refractivity contribution in [3.8, 4) is 11.5 Å². The van der Waals surface area contributed by atoms with Gasteiger partial charge in [-0.1, -0.05) is 24.3 Å². The second kappa shape index (κ2) is 7.83. The molecule has 0 spiro atoms. The van der Waals surface area contributed by atoms with Gasteiger partial charge in [0.1, 0.15) is 17.8 Å². The van der Waals surface area contributed by atoms with Crippen LogP contribution < -0.4 is 20.1 Å². The van der Waals surface area contributed by atoms with Crippen LogP contribution in [0.15, 0.2) is 54.9 Å². The van der Waals surface area contributed by atoms with Crippen LogP contribution >= 0.6 is 0 Å². The molecule has 0 aliphatic carbocycles. The van der Waals surface area contributed by atoms with E-state index in [0.29, 0.717) is 17.4 Å². The molecular formula is C21H23N5O3. The van der Waals surface area contributed by atoms with Crippen molar-refractivity contribution < 1.29 is 14.3 Å². The third-order valence-corrected chi connectivity index (χ3v) is 5.20. The van der Waals surface area contributed by atoms with Crippen molar-refractivity contribution in [2.24, 2.45) is 5.92 Å². The van der Waals surface area contributed by atoms with Crippen LogP contribution in [-0.4, -0.2) is 40.9 Å². The standard InChI is InChI=1S/C21H23N5O3/c1-13-18(20(27)25-16-6-4-5-7-17(16)29-3)19(26-21(24-13)22-12-23-26)14-8-10-15(28-2)11-9-14/h4-13,18-19H,1-3H3,(H,25,27)(H,22,23,24)/t13-,18-,19+/m0/s1. The molecule has 3 atom stereocenters. The van der Waals surface area contributed by atoms with Crippen LogP contribution in [0.1, 0.15) is 18.5 Å². The van der Waals surface area contributed by atoms with Crippen molar-refractivity contribution in [3.63, 3.8) is 0 Å². The predicted molar refractivity (Wildman–Crippen MR) is 109 cm³/mol. The van der Waals surface area contributed by atoms with Gasteiger partial charge in [-0.3, -0.25) is 4.79 Å². The first kappa shape index (κ1) is 18.8. The Morgan fingerprint density at radius 3 is 2.59 bits per heavy atom. The van der Waals surface area contributed by atoms with Crippen molar-refractivity contribution in [3.05, 3.63) is 60.4 Å². The summed E-state index contributed by atoms with van der Waals surface area (Å²) >= 11 is 0. The molecule has 3 aromatic rings. The van der Waals surface area contributed by atoms with E-state index in [1.54, 1.807) is 18.9 Å². The molecule has 29 heavy (non-hydrogen) atoms. The summed E-state index contributed by atoms with van der Waals surface area (Å²) in [5.41, 5.74) is 1.58. The lowest BCUT2D eigenvalue weighted by molar-refractivity contribution is -0.121. The molecule has 0 radical (unpaired) electrons. The Morgan fingerprint density at radius 2 is 1.86 bits per heavy atom. The maximum Gasteiger partial charge on any atom is 0.232 e. The average molecular weight is 393 g/mol. The normalized spacial score (nSPS) is 20.3. The van der Waals surface area contributed by atoms with Gasteiger partial charge in [0.15, 0.2) is 0 Å². The Hall–Kier alpha value is -3.55. The number of ether oxygens (including phenoxy) is 2. The van der Waals surface area contributed by atoms with E-state index in [-0.39, 0.29) is 18.0 Å². The van der Waals surface area contributed by atoms with E-state index < -0.39 is 5.92 Å². The summed E-state index contributed by atoms with van der Waals surface area (Å²) in [6.45, 7) is 1.97. The van der Waals surface area contributed by atoms with E-state index in [1.165, 1.54) is 6.33 Å². The number of carbonyl (C=O) groups is 1. The molecule has 1 amide bonds. The van der Waals surface area contributed by atoms with Crippen LogP contribution in [0.5, 0.6) is 11.5 Å². The fraction of sp³-hybridized carbons (Fsp3) is 0.286. The van der Waals surface area contributed by atoms with Gasteiger partial charge in [-0.15, -0.1) is 0 Å². The number of rotatable bonds is 5. The van der Waals surface area contributed by atoms with Gasteiger partial charge >= 0.3 is 0 Å². The largest absolute Gasteiger partial charge is 0.497 e. The van der Waals surface area contributed by atoms with Crippen molar-refractivity contribution in [1.29, 1.82) is 0 Å². The van der Waals surface area contributed by atoms with Gasteiger partial charge in [-0.25, -0.2) is 4.68 Å². The minimum Gasteiger partial charge on any atom is -0.497 e. The van der Waals surface area contributed by atoms with Crippen LogP contribution in [0.4, 0.5) is 11.6 Å². The number of carbonyl (C=O) groups excluding carboxylic acids is 1. The van der Waals surface area contributed by atoms with E-state index in [1.807, 2.05) is 55.5 Å². The Balaban J connectivity index is 1.71. The molecule has 2 N–H and O–H groups in total. The van der Waals surface area contributed by atoms with E-state index in [0.717, 1.165) is 11.3 Å². The third kappa shape index (κ3) is 3.49. The van der Waals surface area contributed by atoms with Gasteiger partial charge in [0.2, 0.25) is 11.9 Å². The number of amides is 1. The second-order valence-electron chi connectivity index (χ2n) is 6.89. The molecule has 0 saturated carbocycles. The first-order chi connectivity index (χ1) is 14.1. The first-order valence-electron chi connectivity index (χ1n) is 9.36. The zero-order valence-electron chi connectivity index (χ0n) is 16.5. The lowest BCUT2D eigenvalue weighted by Crippen LogP contribution is -2.46. The summed E-state index contributed by atoms with van der Waals surface area (Å²) < 4.78 is 12.4. The number of aromatic nitrogens is 3. The summed E-state index contributed by atoms with van der Waals surface area (Å²) in [5, 5.41) is 10.7. The molecule has 150 valence electrons. The maximum atomic E-state index is 13.4. The number of nitrogens with one attached hydrogen (secondary N) is 2. The van der Waals surface area contributed by atoms with E-state index in [9.17, 15) is 4.79 Å². The van der Waals surface area contributed by atoms with Gasteiger partial charge in [-0.05, 0) is 36.8 Å². The minimum absolute atomic E-state index is 0.128. The highest BCUT2D eigenvalue weighted by molar-refractivity contribution is 5.95. The molecule has 1 aliphatic rings. The quantitative estimate of drug-likeness (QED) is 0.693. The monoisotopic (exact) mass is 393 g/mol. The molecule has 0 saturated heterocycles. The summed E-state index contributed by atoms with van der Waals surface area (Å²) in [6.07, 6.45) is 1.49. The SMILES string of the molecule is COc1ccc([C@@H]2[C@@H](C(=O)Nc3ccccc3OC)[C@H](C)Nc3ncnn32)cc1. The molecule has 1 aliphatic heterocycles. The number of fused-ring (bicyclic) bond motifs is 1. The predicted octanol–water partition coefficient (Wildman–Crippen LogP) is 2.95. The average Bonchev–Trinajstić information content (AvgIpc) is 3.21. The minimum atomic E-state index is -0.428. The van der Waals surface area contributed by atoms with Crippen LogP contribution in [0.2, 0.25) is 0 Å². The van der Waals surface area contributed by atoms with Crippen LogP contribution in [-0.2, 0) is 4.79 Å². The Bertz CT molecular complexity index is 1000. The molecule has 4 rings (SSSR count). The highest BCUT2D eigenvalue weighted by Crippen LogP contribution is 2.37. The number of anilines is 2. The Kier molecular flexibility index (Phi) is 5.07. The number of hydrogen-bond donors (Lipinski definition) is 2. The van der Waals surface area contributed by atoms with Gasteiger partial charge in [0.25, 0.3) is 0 Å². The van der Waals surface area contributed by atoms with Gasteiger partial charge < -0.3 is 20.1 Å². The van der Waals surface area contributed by atoms with Crippen molar-refractivity contribution in [1.82, 2.24) is 14.8 Å². The number of hydrogen-bond acceptors (Lipinski definition) is 6. The van der Waals surface area contributed by atoms with Gasteiger partial charge in [0, 0.05) is 6.04 Å². The van der Waals surface area contributed by atoms with E-state index in [4.69, 9.17) is 9.47 Å². The smallest absolute Gasteiger partial charge is 0.232 e. The number of benzene rings is 2. The molecular weight excluding hydrogens is 370 g/mol. The molecule has 2 aromatic carbocycles. The Morgan fingerprint density at radius 1 is 1.10 bits per heavy atom. The highest BCUT2D eigenvalue weighted by Gasteiger charge is 2.41. The fourth-order valence-corrected chi connectivity index (χ4v) is 3.76. The summed E-state index contributed by atoms with van der Waals surface area (Å²) in [4.78, 5) is 17.7. The number of para-hydroxylation sites is 2. The molecule has 8 nitrogen and oxygen atoms in total. The summed E-state index contributed by atoms with van der Waals surface area (Å²) in [7, 11) is 3.21. The molecule has 0 fully saturated rings. The lowest BCUT2D eigenvalue weighted by Gasteiger charge is -2.37. The van der Waals surface area contributed by atoms with Crippen LogP contribution in [0.3, 0.4) is 0 Å². The van der Waals surface area contributed by atoms with E-state index in [2.05, 4.69) is 20.7 Å². The fourth-order valence-electron chi connectivity index (χ4n) is 3.76. The summed E-state index contributed by atoms with van der Waals surface area (Å²) in [5.74, 6) is 1.45. The zero-order valence-corrected chi connectivity index (χ0v) is 16.5. The molecule has 0 unspecified atom stereocenters. The zero-order chi connectivity index (χ0) is 20.4. The third-order valence-electron chi connectivity index (χ3n) is 5.20. The molecule has 8 heteroatoms. The lowest BCUT2D eigenvalue weighted by atomic mass is 9.85. The maximum absolute atomic E-state index is 13.4. The highest BCUT2D eigenvalue weighted by atomic mass is 16.5. The van der Waals surface area contributed by atoms with Crippen molar-refractivity contribution >= 4 is 17.5 Å².